The molecule has 6 unspecified atom stereocenters. The van der Waals surface area contributed by atoms with E-state index in [0.717, 1.165) is 37.7 Å². The van der Waals surface area contributed by atoms with Crippen LogP contribution in [0, 0.1) is 33.0 Å². The molecule has 0 N–H and O–H groups in total. The Kier molecular flexibility index (Phi) is 4.73. The number of carbonyl (C=O) groups is 2. The zero-order valence-corrected chi connectivity index (χ0v) is 21.6. The van der Waals surface area contributed by atoms with Crippen molar-refractivity contribution in [2.24, 2.45) is 33.0 Å². The smallest absolute Gasteiger partial charge is 0.311 e. The van der Waals surface area contributed by atoms with E-state index in [4.69, 9.17) is 4.74 Å². The van der Waals surface area contributed by atoms with E-state index in [1.807, 2.05) is 6.08 Å². The van der Waals surface area contributed by atoms with Gasteiger partial charge < -0.3 is 4.74 Å². The molecule has 6 atom stereocenters. The van der Waals surface area contributed by atoms with Crippen LogP contribution in [0.5, 0.6) is 0 Å². The molecule has 178 valence electrons. The second kappa shape index (κ2) is 6.83. The molecule has 5 aliphatic carbocycles. The van der Waals surface area contributed by atoms with Crippen molar-refractivity contribution >= 4 is 11.8 Å². The highest BCUT2D eigenvalue weighted by Crippen LogP contribution is 2.75. The summed E-state index contributed by atoms with van der Waals surface area (Å²) in [5, 5.41) is 0. The van der Waals surface area contributed by atoms with Crippen LogP contribution in [-0.4, -0.2) is 18.9 Å². The van der Waals surface area contributed by atoms with Gasteiger partial charge in [0.1, 0.15) is 0 Å². The molecule has 3 fully saturated rings. The summed E-state index contributed by atoms with van der Waals surface area (Å²) in [6, 6.07) is 0. The Morgan fingerprint density at radius 2 is 1.64 bits per heavy atom. The van der Waals surface area contributed by atoms with Crippen LogP contribution in [-0.2, 0) is 14.3 Å². The minimum absolute atomic E-state index is 0.0412. The van der Waals surface area contributed by atoms with E-state index in [0.29, 0.717) is 5.92 Å². The lowest BCUT2D eigenvalue weighted by atomic mass is 9.34. The maximum Gasteiger partial charge on any atom is 0.311 e. The predicted octanol–water partition coefficient (Wildman–Crippen LogP) is 6.90. The second-order valence-corrected chi connectivity index (χ2v) is 13.0. The van der Waals surface area contributed by atoms with Gasteiger partial charge in [-0.05, 0) is 110 Å². The molecule has 3 heteroatoms. The van der Waals surface area contributed by atoms with Crippen molar-refractivity contribution in [2.75, 3.05) is 7.11 Å². The third-order valence-corrected chi connectivity index (χ3v) is 11.4. The standard InChI is InChI=1S/C30H40O3/c1-19-16-20(31)17-22-21(19)8-9-23-28(22,4)13-15-30(6)24-18-27(3,25(32)33-7)11-10-26(24,2)12-14-29(23,30)5/h8-9,16-17,24H,10-15,18H2,1-7H3. The molecule has 0 radical (unpaired) electrons. The number of hydrogen-bond donors (Lipinski definition) is 0. The van der Waals surface area contributed by atoms with E-state index in [1.54, 1.807) is 6.08 Å². The summed E-state index contributed by atoms with van der Waals surface area (Å²) in [4.78, 5) is 25.3. The minimum atomic E-state index is -0.394. The quantitative estimate of drug-likeness (QED) is 0.410. The number of rotatable bonds is 1. The van der Waals surface area contributed by atoms with Gasteiger partial charge in [0, 0.05) is 5.41 Å². The second-order valence-electron chi connectivity index (χ2n) is 13.0. The summed E-state index contributed by atoms with van der Waals surface area (Å²) < 4.78 is 5.28. The van der Waals surface area contributed by atoms with Gasteiger partial charge in [0.2, 0.25) is 0 Å². The summed E-state index contributed by atoms with van der Waals surface area (Å²) in [5.74, 6) is 0.553. The Balaban J connectivity index is 1.62. The van der Waals surface area contributed by atoms with Gasteiger partial charge in [-0.3, -0.25) is 9.59 Å². The monoisotopic (exact) mass is 448 g/mol. The van der Waals surface area contributed by atoms with E-state index in [9.17, 15) is 9.59 Å². The first-order valence-corrected chi connectivity index (χ1v) is 12.8. The fourth-order valence-electron chi connectivity index (χ4n) is 8.87. The first-order chi connectivity index (χ1) is 15.3. The highest BCUT2D eigenvalue weighted by atomic mass is 16.5. The van der Waals surface area contributed by atoms with Crippen LogP contribution in [0.2, 0.25) is 0 Å². The Morgan fingerprint density at radius 1 is 0.939 bits per heavy atom. The molecular weight excluding hydrogens is 408 g/mol. The van der Waals surface area contributed by atoms with Gasteiger partial charge in [-0.1, -0.05) is 45.4 Å². The summed E-state index contributed by atoms with van der Waals surface area (Å²) in [6.07, 6.45) is 15.8. The molecule has 0 spiro atoms. The number of carbonyl (C=O) groups excluding carboxylic acids is 2. The van der Waals surface area contributed by atoms with Crippen LogP contribution < -0.4 is 0 Å². The van der Waals surface area contributed by atoms with Gasteiger partial charge in [-0.25, -0.2) is 0 Å². The lowest BCUT2D eigenvalue weighted by Crippen LogP contribution is -2.62. The van der Waals surface area contributed by atoms with Crippen LogP contribution in [0.25, 0.3) is 0 Å². The normalized spacial score (nSPS) is 46.4. The molecule has 3 saturated carbocycles. The van der Waals surface area contributed by atoms with Crippen molar-refractivity contribution in [1.29, 1.82) is 0 Å². The SMILES string of the molecule is COC(=O)C1(C)CCC2(C)CCC3(C)C4=CC=C5C(C)=CC(=O)C=C5C4(C)CCC3(C)C2C1. The molecule has 3 nitrogen and oxygen atoms in total. The zero-order chi connectivity index (χ0) is 24.0. The van der Waals surface area contributed by atoms with Gasteiger partial charge in [0.15, 0.2) is 5.78 Å². The van der Waals surface area contributed by atoms with Crippen LogP contribution in [0.4, 0.5) is 0 Å². The maximum atomic E-state index is 12.8. The first-order valence-electron chi connectivity index (χ1n) is 12.8. The van der Waals surface area contributed by atoms with Gasteiger partial charge in [0.25, 0.3) is 0 Å². The molecule has 5 aliphatic rings. The Labute approximate surface area is 199 Å². The number of esters is 1. The first kappa shape index (κ1) is 22.9. The highest BCUT2D eigenvalue weighted by molar-refractivity contribution is 6.04. The Morgan fingerprint density at radius 3 is 2.33 bits per heavy atom. The van der Waals surface area contributed by atoms with Crippen LogP contribution in [0.1, 0.15) is 86.5 Å². The molecule has 33 heavy (non-hydrogen) atoms. The van der Waals surface area contributed by atoms with Crippen LogP contribution in [0.3, 0.4) is 0 Å². The molecular formula is C30H40O3. The fraction of sp³-hybridized carbons (Fsp3) is 0.667. The summed E-state index contributed by atoms with van der Waals surface area (Å²) >= 11 is 0. The van der Waals surface area contributed by atoms with E-state index in [1.165, 1.54) is 36.7 Å². The molecule has 0 aromatic rings. The maximum absolute atomic E-state index is 12.8. The molecule has 5 rings (SSSR count). The van der Waals surface area contributed by atoms with E-state index >= 15 is 0 Å². The Hall–Kier alpha value is -1.90. The number of ketones is 1. The molecule has 0 saturated heterocycles. The average Bonchev–Trinajstić information content (AvgIpc) is 2.76. The molecule has 0 amide bonds. The third-order valence-electron chi connectivity index (χ3n) is 11.4. The van der Waals surface area contributed by atoms with Crippen LogP contribution >= 0.6 is 0 Å². The topological polar surface area (TPSA) is 43.4 Å². The van der Waals surface area contributed by atoms with E-state index in [-0.39, 0.29) is 33.4 Å². The summed E-state index contributed by atoms with van der Waals surface area (Å²) in [5.41, 5.74) is 4.99. The number of hydrogen-bond acceptors (Lipinski definition) is 3. The highest BCUT2D eigenvalue weighted by Gasteiger charge is 2.67. The fourth-order valence-corrected chi connectivity index (χ4v) is 8.87. The van der Waals surface area contributed by atoms with Gasteiger partial charge in [-0.15, -0.1) is 0 Å². The van der Waals surface area contributed by atoms with Crippen molar-refractivity contribution < 1.29 is 14.3 Å². The van der Waals surface area contributed by atoms with Gasteiger partial charge in [-0.2, -0.15) is 0 Å². The molecule has 0 bridgehead atoms. The van der Waals surface area contributed by atoms with Crippen molar-refractivity contribution in [3.8, 4) is 0 Å². The average molecular weight is 449 g/mol. The number of methoxy groups -OCH3 is 1. The van der Waals surface area contributed by atoms with Crippen molar-refractivity contribution in [3.63, 3.8) is 0 Å². The van der Waals surface area contributed by atoms with E-state index < -0.39 is 5.41 Å². The molecule has 0 aromatic carbocycles. The van der Waals surface area contributed by atoms with E-state index in [2.05, 4.69) is 53.7 Å². The largest absolute Gasteiger partial charge is 0.469 e. The minimum Gasteiger partial charge on any atom is -0.469 e. The van der Waals surface area contributed by atoms with Crippen molar-refractivity contribution in [3.05, 3.63) is 46.6 Å². The molecule has 0 heterocycles. The number of fused-ring (bicyclic) bond motifs is 7. The Bertz CT molecular complexity index is 1070. The van der Waals surface area contributed by atoms with Crippen LogP contribution in [0.15, 0.2) is 46.6 Å². The van der Waals surface area contributed by atoms with Crippen molar-refractivity contribution in [2.45, 2.75) is 86.5 Å². The summed E-state index contributed by atoms with van der Waals surface area (Å²) in [7, 11) is 1.53. The predicted molar refractivity (Wildman–Crippen MR) is 131 cm³/mol. The lowest BCUT2D eigenvalue weighted by Gasteiger charge is -2.70. The number of ether oxygens (including phenoxy) is 1. The zero-order valence-electron chi connectivity index (χ0n) is 21.6. The molecule has 0 aliphatic heterocycles. The lowest BCUT2D eigenvalue weighted by molar-refractivity contribution is -0.180. The van der Waals surface area contributed by atoms with Gasteiger partial charge in [0.05, 0.1) is 12.5 Å². The summed E-state index contributed by atoms with van der Waals surface area (Å²) in [6.45, 7) is 14.1. The van der Waals surface area contributed by atoms with Gasteiger partial charge >= 0.3 is 5.97 Å². The molecule has 0 aromatic heterocycles. The number of allylic oxidation sites excluding steroid dienone is 8. The van der Waals surface area contributed by atoms with Crippen molar-refractivity contribution in [1.82, 2.24) is 0 Å². The third kappa shape index (κ3) is 2.80.